The quantitative estimate of drug-likeness (QED) is 0.229. The van der Waals surface area contributed by atoms with Crippen LogP contribution in [0.1, 0.15) is 72.8 Å². The van der Waals surface area contributed by atoms with Crippen molar-refractivity contribution in [1.29, 1.82) is 0 Å². The van der Waals surface area contributed by atoms with Crippen molar-refractivity contribution in [2.45, 2.75) is 78.9 Å². The zero-order chi connectivity index (χ0) is 27.0. The molecule has 4 atom stereocenters. The third-order valence-corrected chi connectivity index (χ3v) is 9.12. The number of carbonyl (C=O) groups is 1. The molecule has 2 aliphatic carbocycles. The predicted molar refractivity (Wildman–Crippen MR) is 155 cm³/mol. The minimum absolute atomic E-state index is 0.0138. The lowest BCUT2D eigenvalue weighted by molar-refractivity contribution is -0.634. The van der Waals surface area contributed by atoms with Crippen molar-refractivity contribution in [3.8, 4) is 11.4 Å². The zero-order valence-corrected chi connectivity index (χ0v) is 24.2. The summed E-state index contributed by atoms with van der Waals surface area (Å²) in [4.78, 5) is 16.5. The van der Waals surface area contributed by atoms with E-state index in [9.17, 15) is 4.79 Å². The molecular formula is C33H46N3O2+. The molecule has 2 fully saturated rings. The Bertz CT molecular complexity index is 1250. The molecule has 0 bridgehead atoms. The van der Waals surface area contributed by atoms with Crippen LogP contribution in [0.3, 0.4) is 0 Å². The highest BCUT2D eigenvalue weighted by molar-refractivity contribution is 5.83. The van der Waals surface area contributed by atoms with Gasteiger partial charge in [0.05, 0.1) is 12.6 Å². The molecule has 1 heterocycles. The molecule has 3 aromatic rings. The summed E-state index contributed by atoms with van der Waals surface area (Å²) >= 11 is 0. The lowest BCUT2D eigenvalue weighted by atomic mass is 9.75. The van der Waals surface area contributed by atoms with Gasteiger partial charge in [-0.1, -0.05) is 39.3 Å². The van der Waals surface area contributed by atoms with E-state index in [0.29, 0.717) is 23.7 Å². The van der Waals surface area contributed by atoms with Crippen LogP contribution in [-0.4, -0.2) is 29.7 Å². The van der Waals surface area contributed by atoms with Crippen molar-refractivity contribution in [2.24, 2.45) is 30.7 Å². The molecule has 0 radical (unpaired) electrons. The fraction of sp³-hybridized carbons (Fsp3) is 0.576. The van der Waals surface area contributed by atoms with Gasteiger partial charge in [0.2, 0.25) is 6.04 Å². The summed E-state index contributed by atoms with van der Waals surface area (Å²) < 4.78 is 11.1. The number of aryl methyl sites for hydroxylation is 1. The van der Waals surface area contributed by atoms with Gasteiger partial charge in [-0.05, 0) is 93.7 Å². The SMILES string of the molecule is CCN(CC)c1ccc(-c2n([C@@H](C(=O)OC3C[C@H](C)CC[C@H]3C(C)C)C3CC3)c3ccccc3[n+]2C)cc1. The van der Waals surface area contributed by atoms with Crippen molar-refractivity contribution >= 4 is 22.7 Å². The highest BCUT2D eigenvalue weighted by Gasteiger charge is 2.47. The van der Waals surface area contributed by atoms with E-state index in [2.05, 4.69) is 104 Å². The summed E-state index contributed by atoms with van der Waals surface area (Å²) in [6.45, 7) is 13.2. The molecule has 0 spiro atoms. The lowest BCUT2D eigenvalue weighted by Gasteiger charge is -2.37. The number of rotatable bonds is 9. The van der Waals surface area contributed by atoms with Gasteiger partial charge in [-0.3, -0.25) is 0 Å². The molecule has 5 rings (SSSR count). The largest absolute Gasteiger partial charge is 0.459 e. The zero-order valence-electron chi connectivity index (χ0n) is 24.2. The monoisotopic (exact) mass is 516 g/mol. The first-order valence-electron chi connectivity index (χ1n) is 14.9. The van der Waals surface area contributed by atoms with Gasteiger partial charge in [0, 0.05) is 24.7 Å². The van der Waals surface area contributed by atoms with Crippen LogP contribution < -0.4 is 9.47 Å². The average Bonchev–Trinajstić information content (AvgIpc) is 3.70. The highest BCUT2D eigenvalue weighted by Crippen LogP contribution is 2.45. The molecule has 0 saturated heterocycles. The Hall–Kier alpha value is -2.82. The van der Waals surface area contributed by atoms with E-state index < -0.39 is 0 Å². The molecule has 2 saturated carbocycles. The number of aromatic nitrogens is 2. The molecule has 1 unspecified atom stereocenters. The van der Waals surface area contributed by atoms with E-state index in [1.54, 1.807) is 0 Å². The normalized spacial score (nSPS) is 22.6. The number of benzene rings is 2. The molecule has 38 heavy (non-hydrogen) atoms. The van der Waals surface area contributed by atoms with Crippen LogP contribution in [0, 0.1) is 23.7 Å². The van der Waals surface area contributed by atoms with E-state index in [1.807, 2.05) is 0 Å². The fourth-order valence-corrected chi connectivity index (χ4v) is 6.76. The smallest absolute Gasteiger partial charge is 0.352 e. The molecular weight excluding hydrogens is 470 g/mol. The van der Waals surface area contributed by atoms with Gasteiger partial charge in [-0.25, -0.2) is 13.9 Å². The number of carbonyl (C=O) groups excluding carboxylic acids is 1. The Labute approximate surface area is 228 Å². The van der Waals surface area contributed by atoms with Gasteiger partial charge in [0.25, 0.3) is 5.82 Å². The summed E-state index contributed by atoms with van der Waals surface area (Å²) in [5, 5.41) is 0. The maximum atomic E-state index is 14.2. The molecule has 0 aliphatic heterocycles. The third kappa shape index (κ3) is 5.09. The number of ether oxygens (including phenoxy) is 1. The summed E-state index contributed by atoms with van der Waals surface area (Å²) in [6, 6.07) is 17.0. The summed E-state index contributed by atoms with van der Waals surface area (Å²) in [5.41, 5.74) is 4.60. The second-order valence-corrected chi connectivity index (χ2v) is 12.0. The van der Waals surface area contributed by atoms with Crippen molar-refractivity contribution in [2.75, 3.05) is 18.0 Å². The van der Waals surface area contributed by atoms with E-state index >= 15 is 0 Å². The number of fused-ring (bicyclic) bond motifs is 1. The minimum atomic E-state index is -0.302. The van der Waals surface area contributed by atoms with Crippen LogP contribution in [0.5, 0.6) is 0 Å². The first-order valence-corrected chi connectivity index (χ1v) is 14.9. The topological polar surface area (TPSA) is 38.4 Å². The van der Waals surface area contributed by atoms with E-state index in [0.717, 1.165) is 61.2 Å². The van der Waals surface area contributed by atoms with Crippen LogP contribution in [0.2, 0.25) is 0 Å². The van der Waals surface area contributed by atoms with Crippen LogP contribution >= 0.6 is 0 Å². The molecule has 2 aliphatic rings. The van der Waals surface area contributed by atoms with E-state index in [1.165, 1.54) is 12.1 Å². The number of imidazole rings is 1. The highest BCUT2D eigenvalue weighted by atomic mass is 16.5. The minimum Gasteiger partial charge on any atom is -0.459 e. The maximum absolute atomic E-state index is 14.2. The second-order valence-electron chi connectivity index (χ2n) is 12.0. The van der Waals surface area contributed by atoms with Gasteiger partial charge < -0.3 is 9.64 Å². The molecule has 0 N–H and O–H groups in total. The van der Waals surface area contributed by atoms with Crippen LogP contribution in [-0.2, 0) is 16.6 Å². The maximum Gasteiger partial charge on any atom is 0.352 e. The van der Waals surface area contributed by atoms with E-state index in [-0.39, 0.29) is 18.1 Å². The predicted octanol–water partition coefficient (Wildman–Crippen LogP) is 6.93. The summed E-state index contributed by atoms with van der Waals surface area (Å²) in [6.07, 6.45) is 5.52. The number of para-hydroxylation sites is 2. The van der Waals surface area contributed by atoms with Gasteiger partial charge in [-0.15, -0.1) is 0 Å². The van der Waals surface area contributed by atoms with Crippen LogP contribution in [0.4, 0.5) is 5.69 Å². The number of nitrogens with zero attached hydrogens (tertiary/aromatic N) is 3. The Kier molecular flexibility index (Phi) is 7.83. The molecule has 1 aromatic heterocycles. The Balaban J connectivity index is 1.56. The van der Waals surface area contributed by atoms with Crippen molar-refractivity contribution in [1.82, 2.24) is 4.57 Å². The number of hydrogen-bond acceptors (Lipinski definition) is 3. The van der Waals surface area contributed by atoms with Crippen molar-refractivity contribution in [3.05, 3.63) is 48.5 Å². The van der Waals surface area contributed by atoms with Crippen molar-refractivity contribution < 1.29 is 14.1 Å². The lowest BCUT2D eigenvalue weighted by Crippen LogP contribution is -2.39. The number of hydrogen-bond donors (Lipinski definition) is 0. The summed E-state index contributed by atoms with van der Waals surface area (Å²) in [5.74, 6) is 2.92. The first-order chi connectivity index (χ1) is 18.3. The summed E-state index contributed by atoms with van der Waals surface area (Å²) in [7, 11) is 2.12. The van der Waals surface area contributed by atoms with Gasteiger partial charge in [-0.2, -0.15) is 0 Å². The van der Waals surface area contributed by atoms with Gasteiger partial charge in [0.1, 0.15) is 6.10 Å². The number of anilines is 1. The van der Waals surface area contributed by atoms with Gasteiger partial charge in [0.15, 0.2) is 11.0 Å². The number of esters is 1. The first kappa shape index (κ1) is 26.8. The standard InChI is InChI=1S/C33H46N3O2/c1-7-35(8-2)26-18-16-25(17-19-26)32-34(6)28-11-9-10-12-29(28)36(32)31(24-14-15-24)33(37)38-30-21-23(5)13-20-27(30)22(3)4/h9-12,16-19,22-24,27,30-31H,7-8,13-15,20-21H2,1-6H3/q+1/t23-,27+,30?,31-/m1/s1. The Morgan fingerprint density at radius 3 is 2.34 bits per heavy atom. The van der Waals surface area contributed by atoms with E-state index in [4.69, 9.17) is 4.74 Å². The molecule has 0 amide bonds. The molecule has 5 nitrogen and oxygen atoms in total. The van der Waals surface area contributed by atoms with Crippen molar-refractivity contribution in [3.63, 3.8) is 0 Å². The Morgan fingerprint density at radius 1 is 1.03 bits per heavy atom. The molecule has 204 valence electrons. The van der Waals surface area contributed by atoms with Crippen LogP contribution in [0.15, 0.2) is 48.5 Å². The van der Waals surface area contributed by atoms with Gasteiger partial charge >= 0.3 is 5.97 Å². The third-order valence-electron chi connectivity index (χ3n) is 9.12. The average molecular weight is 517 g/mol. The second kappa shape index (κ2) is 11.1. The van der Waals surface area contributed by atoms with Crippen LogP contribution in [0.25, 0.3) is 22.4 Å². The molecule has 2 aromatic carbocycles. The fourth-order valence-electron chi connectivity index (χ4n) is 6.76. The molecule has 5 heteroatoms. The Morgan fingerprint density at radius 2 is 1.71 bits per heavy atom.